The molecule has 1 amide bonds. The normalized spacial score (nSPS) is 15.7. The Hall–Kier alpha value is -1.92. The van der Waals surface area contributed by atoms with Gasteiger partial charge in [-0.05, 0) is 38.1 Å². The number of hydrogen-bond donors (Lipinski definition) is 2. The van der Waals surface area contributed by atoms with Gasteiger partial charge in [0.2, 0.25) is 0 Å². The molecule has 0 unspecified atom stereocenters. The second kappa shape index (κ2) is 6.68. The molecule has 1 saturated heterocycles. The van der Waals surface area contributed by atoms with E-state index in [0.29, 0.717) is 4.88 Å². The Bertz CT molecular complexity index is 687. The van der Waals surface area contributed by atoms with Crippen molar-refractivity contribution in [2.24, 2.45) is 0 Å². The fraction of sp³-hybridized carbons (Fsp3) is 0.412. The van der Waals surface area contributed by atoms with Gasteiger partial charge in [0.25, 0.3) is 5.91 Å². The quantitative estimate of drug-likeness (QED) is 0.893. The SMILES string of the molecule is Cc1nc(C)c(C(=O)Nc2ccc(N3CC[NH+](C)CC3)cc2)s1. The lowest BCUT2D eigenvalue weighted by Crippen LogP contribution is -3.12. The molecule has 2 heterocycles. The zero-order valence-corrected chi connectivity index (χ0v) is 14.7. The number of nitrogens with zero attached hydrogens (tertiary/aromatic N) is 2. The summed E-state index contributed by atoms with van der Waals surface area (Å²) in [5, 5.41) is 3.88. The van der Waals surface area contributed by atoms with Gasteiger partial charge in [-0.15, -0.1) is 11.3 Å². The number of carbonyl (C=O) groups is 1. The van der Waals surface area contributed by atoms with Crippen LogP contribution >= 0.6 is 11.3 Å². The second-order valence-electron chi connectivity index (χ2n) is 6.09. The van der Waals surface area contributed by atoms with Crippen molar-refractivity contribution < 1.29 is 9.69 Å². The zero-order valence-electron chi connectivity index (χ0n) is 13.8. The molecule has 1 aliphatic heterocycles. The summed E-state index contributed by atoms with van der Waals surface area (Å²) in [7, 11) is 2.24. The number of aromatic nitrogens is 1. The summed E-state index contributed by atoms with van der Waals surface area (Å²) in [6.07, 6.45) is 0. The molecule has 0 spiro atoms. The van der Waals surface area contributed by atoms with Gasteiger partial charge >= 0.3 is 0 Å². The Kier molecular flexibility index (Phi) is 4.63. The zero-order chi connectivity index (χ0) is 16.4. The van der Waals surface area contributed by atoms with Crippen LogP contribution in [0.3, 0.4) is 0 Å². The first-order valence-corrected chi connectivity index (χ1v) is 8.76. The second-order valence-corrected chi connectivity index (χ2v) is 7.30. The largest absolute Gasteiger partial charge is 0.360 e. The summed E-state index contributed by atoms with van der Waals surface area (Å²) in [5.74, 6) is -0.0796. The molecule has 0 bridgehead atoms. The first kappa shape index (κ1) is 16.0. The van der Waals surface area contributed by atoms with E-state index in [1.54, 1.807) is 4.90 Å². The summed E-state index contributed by atoms with van der Waals surface area (Å²) in [4.78, 5) is 21.3. The van der Waals surface area contributed by atoms with Crippen LogP contribution in [0.15, 0.2) is 24.3 Å². The maximum Gasteiger partial charge on any atom is 0.267 e. The van der Waals surface area contributed by atoms with Crippen molar-refractivity contribution >= 4 is 28.6 Å². The molecule has 1 aliphatic rings. The van der Waals surface area contributed by atoms with Crippen molar-refractivity contribution in [3.05, 3.63) is 39.8 Å². The van der Waals surface area contributed by atoms with Crippen LogP contribution in [0.25, 0.3) is 0 Å². The molecule has 1 aromatic carbocycles. The van der Waals surface area contributed by atoms with Crippen molar-refractivity contribution in [2.75, 3.05) is 43.4 Å². The summed E-state index contributed by atoms with van der Waals surface area (Å²) in [5.41, 5.74) is 2.84. The molecule has 3 rings (SSSR count). The van der Waals surface area contributed by atoms with Crippen molar-refractivity contribution in [3.8, 4) is 0 Å². The summed E-state index contributed by atoms with van der Waals surface area (Å²) in [6, 6.07) is 8.12. The van der Waals surface area contributed by atoms with E-state index in [0.717, 1.165) is 29.5 Å². The van der Waals surface area contributed by atoms with E-state index in [-0.39, 0.29) is 5.91 Å². The molecule has 1 aromatic heterocycles. The van der Waals surface area contributed by atoms with Crippen LogP contribution in [0.5, 0.6) is 0 Å². The van der Waals surface area contributed by atoms with Crippen LogP contribution in [0.2, 0.25) is 0 Å². The van der Waals surface area contributed by atoms with Gasteiger partial charge in [-0.25, -0.2) is 4.98 Å². The highest BCUT2D eigenvalue weighted by atomic mass is 32.1. The molecule has 2 N–H and O–H groups in total. The number of benzene rings is 1. The molecule has 5 nitrogen and oxygen atoms in total. The van der Waals surface area contributed by atoms with Gasteiger partial charge in [0.05, 0.1) is 43.9 Å². The van der Waals surface area contributed by atoms with Crippen LogP contribution in [0.4, 0.5) is 11.4 Å². The van der Waals surface area contributed by atoms with E-state index >= 15 is 0 Å². The average Bonchev–Trinajstić information content (AvgIpc) is 2.88. The lowest BCUT2D eigenvalue weighted by atomic mass is 10.2. The number of hydrogen-bond acceptors (Lipinski definition) is 4. The van der Waals surface area contributed by atoms with Crippen molar-refractivity contribution in [1.82, 2.24) is 4.98 Å². The third kappa shape index (κ3) is 3.71. The molecule has 2 aromatic rings. The molecule has 0 saturated carbocycles. The molecule has 1 fully saturated rings. The minimum absolute atomic E-state index is 0.0796. The monoisotopic (exact) mass is 331 g/mol. The van der Waals surface area contributed by atoms with E-state index in [9.17, 15) is 4.79 Å². The van der Waals surface area contributed by atoms with Gasteiger partial charge in [-0.1, -0.05) is 0 Å². The van der Waals surface area contributed by atoms with Crippen LogP contribution in [0.1, 0.15) is 20.4 Å². The Balaban J connectivity index is 1.65. The number of thiazole rings is 1. The van der Waals surface area contributed by atoms with Gasteiger partial charge in [-0.3, -0.25) is 4.79 Å². The topological polar surface area (TPSA) is 49.7 Å². The number of quaternary nitrogens is 1. The van der Waals surface area contributed by atoms with Crippen LogP contribution in [0, 0.1) is 13.8 Å². The van der Waals surface area contributed by atoms with Crippen molar-refractivity contribution in [3.63, 3.8) is 0 Å². The highest BCUT2D eigenvalue weighted by Gasteiger charge is 2.17. The van der Waals surface area contributed by atoms with Gasteiger partial charge in [0, 0.05) is 11.4 Å². The molecule has 23 heavy (non-hydrogen) atoms. The smallest absolute Gasteiger partial charge is 0.267 e. The van der Waals surface area contributed by atoms with E-state index < -0.39 is 0 Å². The van der Waals surface area contributed by atoms with Crippen LogP contribution in [-0.2, 0) is 0 Å². The summed E-state index contributed by atoms with van der Waals surface area (Å²) >= 11 is 1.43. The van der Waals surface area contributed by atoms with Crippen LogP contribution in [-0.4, -0.2) is 44.1 Å². The maximum atomic E-state index is 12.3. The van der Waals surface area contributed by atoms with E-state index in [2.05, 4.69) is 34.4 Å². The standard InChI is InChI=1S/C17H22N4OS/c1-12-16(23-13(2)18-12)17(22)19-14-4-6-15(7-5-14)21-10-8-20(3)9-11-21/h4-7H,8-11H2,1-3H3,(H,19,22)/p+1. The fourth-order valence-electron chi connectivity index (χ4n) is 2.83. The first-order chi connectivity index (χ1) is 11.0. The highest BCUT2D eigenvalue weighted by molar-refractivity contribution is 7.13. The number of likely N-dealkylation sites (N-methyl/N-ethyl adjacent to an activating group) is 1. The Morgan fingerprint density at radius 1 is 1.22 bits per heavy atom. The molecular formula is C17H23N4OS+. The van der Waals surface area contributed by atoms with Crippen LogP contribution < -0.4 is 15.1 Å². The number of amides is 1. The molecule has 0 aliphatic carbocycles. The van der Waals surface area contributed by atoms with Gasteiger partial charge in [-0.2, -0.15) is 0 Å². The maximum absolute atomic E-state index is 12.3. The predicted octanol–water partition coefficient (Wildman–Crippen LogP) is 1.35. The Morgan fingerprint density at radius 3 is 2.43 bits per heavy atom. The summed E-state index contributed by atoms with van der Waals surface area (Å²) < 4.78 is 0. The third-order valence-corrected chi connectivity index (χ3v) is 5.29. The number of rotatable bonds is 3. The number of anilines is 2. The van der Waals surface area contributed by atoms with E-state index in [4.69, 9.17) is 0 Å². The molecular weight excluding hydrogens is 308 g/mol. The highest BCUT2D eigenvalue weighted by Crippen LogP contribution is 2.21. The van der Waals surface area contributed by atoms with Crippen molar-refractivity contribution in [1.29, 1.82) is 0 Å². The first-order valence-electron chi connectivity index (χ1n) is 7.94. The predicted molar refractivity (Wildman–Crippen MR) is 94.8 cm³/mol. The minimum Gasteiger partial charge on any atom is -0.360 e. The number of nitrogens with one attached hydrogen (secondary N) is 2. The van der Waals surface area contributed by atoms with Gasteiger partial charge in [0.1, 0.15) is 4.88 Å². The minimum atomic E-state index is -0.0796. The Labute approximate surface area is 140 Å². The van der Waals surface area contributed by atoms with E-state index in [1.165, 1.54) is 30.1 Å². The number of aryl methyl sites for hydroxylation is 2. The fourth-order valence-corrected chi connectivity index (χ4v) is 3.65. The lowest BCUT2D eigenvalue weighted by Gasteiger charge is -2.31. The lowest BCUT2D eigenvalue weighted by molar-refractivity contribution is -0.880. The third-order valence-electron chi connectivity index (χ3n) is 4.22. The van der Waals surface area contributed by atoms with Gasteiger partial charge in [0.15, 0.2) is 0 Å². The van der Waals surface area contributed by atoms with Crippen molar-refractivity contribution in [2.45, 2.75) is 13.8 Å². The molecule has 122 valence electrons. The Morgan fingerprint density at radius 2 is 1.87 bits per heavy atom. The molecule has 0 radical (unpaired) electrons. The molecule has 0 atom stereocenters. The average molecular weight is 331 g/mol. The summed E-state index contributed by atoms with van der Waals surface area (Å²) in [6.45, 7) is 8.29. The number of piperazine rings is 1. The number of carbonyl (C=O) groups excluding carboxylic acids is 1. The van der Waals surface area contributed by atoms with E-state index in [1.807, 2.05) is 26.0 Å². The van der Waals surface area contributed by atoms with Gasteiger partial charge < -0.3 is 15.1 Å². The molecule has 6 heteroatoms.